The molecule has 1 aromatic rings. The van der Waals surface area contributed by atoms with Crippen LogP contribution in [0.4, 0.5) is 5.69 Å². The van der Waals surface area contributed by atoms with E-state index < -0.39 is 0 Å². The van der Waals surface area contributed by atoms with Crippen molar-refractivity contribution in [1.29, 1.82) is 0 Å². The Labute approximate surface area is 149 Å². The fourth-order valence-electron chi connectivity index (χ4n) is 1.50. The first-order valence-electron chi connectivity index (χ1n) is 6.54. The molecular weight excluding hydrogens is 349 g/mol. The molecule has 0 aliphatic heterocycles. The number of carbonyl (C=O) groups is 1. The molecule has 0 aliphatic carbocycles. The minimum atomic E-state index is -0.0447. The Morgan fingerprint density at radius 1 is 1.32 bits per heavy atom. The largest absolute Gasteiger partial charge is 0.491 e. The second kappa shape index (κ2) is 12.8. The highest BCUT2D eigenvalue weighted by molar-refractivity contribution is 6.32. The highest BCUT2D eigenvalue weighted by Crippen LogP contribution is 2.27. The van der Waals surface area contributed by atoms with Crippen molar-refractivity contribution in [3.05, 3.63) is 23.2 Å². The number of hydrogen-bond acceptors (Lipinski definition) is 4. The number of nitrogens with zero attached hydrogens (tertiary/aromatic N) is 1. The van der Waals surface area contributed by atoms with Gasteiger partial charge in [0.25, 0.3) is 0 Å². The zero-order valence-electron chi connectivity index (χ0n) is 13.0. The van der Waals surface area contributed by atoms with Crippen molar-refractivity contribution < 1.29 is 9.53 Å². The van der Waals surface area contributed by atoms with Gasteiger partial charge in [0, 0.05) is 25.2 Å². The van der Waals surface area contributed by atoms with Gasteiger partial charge < -0.3 is 20.3 Å². The molecular formula is C14H24Cl3N3O2. The molecule has 8 heteroatoms. The Morgan fingerprint density at radius 3 is 2.55 bits per heavy atom. The van der Waals surface area contributed by atoms with Crippen LogP contribution >= 0.6 is 36.4 Å². The monoisotopic (exact) mass is 371 g/mol. The highest BCUT2D eigenvalue weighted by Gasteiger charge is 2.06. The normalized spacial score (nSPS) is 9.68. The molecule has 0 spiro atoms. The molecule has 0 aromatic heterocycles. The van der Waals surface area contributed by atoms with E-state index >= 15 is 0 Å². The van der Waals surface area contributed by atoms with Gasteiger partial charge in [0.2, 0.25) is 5.91 Å². The second-order valence-electron chi connectivity index (χ2n) is 4.70. The van der Waals surface area contributed by atoms with E-state index in [0.29, 0.717) is 36.0 Å². The Hall–Kier alpha value is -0.720. The molecule has 128 valence electrons. The quantitative estimate of drug-likeness (QED) is 0.736. The Balaban J connectivity index is 0. The first kappa shape index (κ1) is 23.5. The van der Waals surface area contributed by atoms with E-state index in [1.807, 2.05) is 26.0 Å². The molecule has 0 fully saturated rings. The number of halogens is 3. The standard InChI is InChI=1S/C14H22ClN3O2.2ClH/c1-16-7-6-14(19)17-11-4-5-13(12(15)10-11)20-9-8-18(2)3;;/h4-5,10,16H,6-9H2,1-3H3,(H,17,19);2*1H. The third-order valence-corrected chi connectivity index (χ3v) is 2.91. The summed E-state index contributed by atoms with van der Waals surface area (Å²) in [7, 11) is 5.77. The lowest BCUT2D eigenvalue weighted by Gasteiger charge is -2.13. The third kappa shape index (κ3) is 9.33. The van der Waals surface area contributed by atoms with E-state index in [1.54, 1.807) is 18.2 Å². The molecule has 0 bridgehead atoms. The molecule has 1 rings (SSSR count). The molecule has 0 saturated carbocycles. The van der Waals surface area contributed by atoms with E-state index in [9.17, 15) is 4.79 Å². The number of likely N-dealkylation sites (N-methyl/N-ethyl adjacent to an activating group) is 1. The number of hydrogen-bond donors (Lipinski definition) is 2. The van der Waals surface area contributed by atoms with Gasteiger partial charge in [-0.25, -0.2) is 0 Å². The van der Waals surface area contributed by atoms with Gasteiger partial charge in [-0.1, -0.05) is 11.6 Å². The predicted octanol–water partition coefficient (Wildman–Crippen LogP) is 2.67. The van der Waals surface area contributed by atoms with Gasteiger partial charge in [-0.05, 0) is 39.3 Å². The zero-order valence-corrected chi connectivity index (χ0v) is 15.4. The maximum absolute atomic E-state index is 11.6. The van der Waals surface area contributed by atoms with Crippen LogP contribution in [0, 0.1) is 0 Å². The lowest BCUT2D eigenvalue weighted by atomic mass is 10.3. The molecule has 1 amide bonds. The summed E-state index contributed by atoms with van der Waals surface area (Å²) in [5.74, 6) is 0.582. The van der Waals surface area contributed by atoms with Gasteiger partial charge in [0.1, 0.15) is 12.4 Å². The first-order chi connectivity index (χ1) is 9.52. The van der Waals surface area contributed by atoms with E-state index in [-0.39, 0.29) is 30.7 Å². The second-order valence-corrected chi connectivity index (χ2v) is 5.11. The molecule has 5 nitrogen and oxygen atoms in total. The molecule has 22 heavy (non-hydrogen) atoms. The van der Waals surface area contributed by atoms with Crippen molar-refractivity contribution in [1.82, 2.24) is 10.2 Å². The average Bonchev–Trinajstić information content (AvgIpc) is 2.38. The van der Waals surface area contributed by atoms with E-state index in [0.717, 1.165) is 6.54 Å². The molecule has 1 aromatic carbocycles. The minimum Gasteiger partial charge on any atom is -0.491 e. The van der Waals surface area contributed by atoms with Crippen LogP contribution in [-0.2, 0) is 4.79 Å². The molecule has 0 unspecified atom stereocenters. The maximum Gasteiger partial charge on any atom is 0.225 e. The minimum absolute atomic E-state index is 0. The smallest absolute Gasteiger partial charge is 0.225 e. The first-order valence-corrected chi connectivity index (χ1v) is 6.92. The average molecular weight is 373 g/mol. The third-order valence-electron chi connectivity index (χ3n) is 2.61. The maximum atomic E-state index is 11.6. The number of benzene rings is 1. The lowest BCUT2D eigenvalue weighted by molar-refractivity contribution is -0.116. The van der Waals surface area contributed by atoms with Crippen molar-refractivity contribution in [3.8, 4) is 5.75 Å². The number of amides is 1. The summed E-state index contributed by atoms with van der Waals surface area (Å²) in [4.78, 5) is 13.6. The Morgan fingerprint density at radius 2 is 2.00 bits per heavy atom. The summed E-state index contributed by atoms with van der Waals surface area (Å²) < 4.78 is 5.58. The topological polar surface area (TPSA) is 53.6 Å². The summed E-state index contributed by atoms with van der Waals surface area (Å²) in [6, 6.07) is 5.25. The van der Waals surface area contributed by atoms with Crippen LogP contribution < -0.4 is 15.4 Å². The molecule has 0 aliphatic rings. The summed E-state index contributed by atoms with van der Waals surface area (Å²) in [5, 5.41) is 6.21. The molecule has 0 radical (unpaired) electrons. The van der Waals surface area contributed by atoms with Crippen LogP contribution in [0.15, 0.2) is 18.2 Å². The van der Waals surface area contributed by atoms with Crippen LogP contribution in [0.5, 0.6) is 5.75 Å². The van der Waals surface area contributed by atoms with Crippen LogP contribution in [0.2, 0.25) is 5.02 Å². The molecule has 0 heterocycles. The molecule has 0 saturated heterocycles. The van der Waals surface area contributed by atoms with Gasteiger partial charge in [0.05, 0.1) is 5.02 Å². The van der Waals surface area contributed by atoms with Crippen LogP contribution in [0.1, 0.15) is 6.42 Å². The van der Waals surface area contributed by atoms with E-state index in [1.165, 1.54) is 0 Å². The molecule has 2 N–H and O–H groups in total. The fraction of sp³-hybridized carbons (Fsp3) is 0.500. The van der Waals surface area contributed by atoms with Gasteiger partial charge in [-0.3, -0.25) is 4.79 Å². The molecule has 0 atom stereocenters. The number of ether oxygens (including phenoxy) is 1. The predicted molar refractivity (Wildman–Crippen MR) is 97.2 cm³/mol. The number of rotatable bonds is 8. The van der Waals surface area contributed by atoms with Gasteiger partial charge >= 0.3 is 0 Å². The summed E-state index contributed by atoms with van der Waals surface area (Å²) >= 11 is 6.13. The van der Waals surface area contributed by atoms with E-state index in [4.69, 9.17) is 16.3 Å². The van der Waals surface area contributed by atoms with E-state index in [2.05, 4.69) is 10.6 Å². The zero-order chi connectivity index (χ0) is 15.0. The van der Waals surface area contributed by atoms with Crippen LogP contribution in [0.3, 0.4) is 0 Å². The van der Waals surface area contributed by atoms with Crippen molar-refractivity contribution in [2.75, 3.05) is 46.2 Å². The Bertz CT molecular complexity index is 445. The SMILES string of the molecule is CNCCC(=O)Nc1ccc(OCCN(C)C)c(Cl)c1.Cl.Cl. The van der Waals surface area contributed by atoms with Crippen LogP contribution in [0.25, 0.3) is 0 Å². The van der Waals surface area contributed by atoms with Crippen molar-refractivity contribution >= 4 is 48.0 Å². The summed E-state index contributed by atoms with van der Waals surface area (Å²) in [5.41, 5.74) is 0.677. The fourth-order valence-corrected chi connectivity index (χ4v) is 1.73. The Kier molecular flexibility index (Phi) is 13.7. The van der Waals surface area contributed by atoms with Gasteiger partial charge in [0.15, 0.2) is 0 Å². The number of carbonyl (C=O) groups excluding carboxylic acids is 1. The number of anilines is 1. The summed E-state index contributed by atoms with van der Waals surface area (Å²) in [6.45, 7) is 2.03. The van der Waals surface area contributed by atoms with Crippen molar-refractivity contribution in [2.45, 2.75) is 6.42 Å². The highest BCUT2D eigenvalue weighted by atomic mass is 35.5. The van der Waals surface area contributed by atoms with Gasteiger partial charge in [-0.15, -0.1) is 24.8 Å². The summed E-state index contributed by atoms with van der Waals surface area (Å²) in [6.07, 6.45) is 0.426. The lowest BCUT2D eigenvalue weighted by Crippen LogP contribution is -2.19. The van der Waals surface area contributed by atoms with Crippen molar-refractivity contribution in [2.24, 2.45) is 0 Å². The number of nitrogens with one attached hydrogen (secondary N) is 2. The van der Waals surface area contributed by atoms with Crippen LogP contribution in [-0.4, -0.2) is 51.6 Å². The van der Waals surface area contributed by atoms with Crippen molar-refractivity contribution in [3.63, 3.8) is 0 Å². The van der Waals surface area contributed by atoms with Gasteiger partial charge in [-0.2, -0.15) is 0 Å².